The SMILES string of the molecule is CC(=O)N(Cc1cc(NC(=O)C2CCC2)ccc1N(C)C)C[C@H]1CCCO1. The van der Waals surface area contributed by atoms with Crippen LogP contribution in [0.4, 0.5) is 11.4 Å². The van der Waals surface area contributed by atoms with Crippen LogP contribution in [0.2, 0.25) is 0 Å². The van der Waals surface area contributed by atoms with Gasteiger partial charge in [0.05, 0.1) is 6.10 Å². The second kappa shape index (κ2) is 8.74. The second-order valence-corrected chi connectivity index (χ2v) is 7.89. The van der Waals surface area contributed by atoms with Crippen molar-refractivity contribution in [2.24, 2.45) is 5.92 Å². The van der Waals surface area contributed by atoms with E-state index in [-0.39, 0.29) is 23.8 Å². The summed E-state index contributed by atoms with van der Waals surface area (Å²) in [4.78, 5) is 28.4. The molecule has 2 amide bonds. The van der Waals surface area contributed by atoms with Crippen LogP contribution >= 0.6 is 0 Å². The molecule has 1 heterocycles. The summed E-state index contributed by atoms with van der Waals surface area (Å²) in [6.07, 6.45) is 5.28. The first-order valence-electron chi connectivity index (χ1n) is 9.92. The van der Waals surface area contributed by atoms with Crippen molar-refractivity contribution in [2.45, 2.75) is 51.7 Å². The van der Waals surface area contributed by atoms with Crippen molar-refractivity contribution >= 4 is 23.2 Å². The van der Waals surface area contributed by atoms with Crippen LogP contribution in [0.3, 0.4) is 0 Å². The van der Waals surface area contributed by atoms with Gasteiger partial charge in [-0.2, -0.15) is 0 Å². The second-order valence-electron chi connectivity index (χ2n) is 7.89. The van der Waals surface area contributed by atoms with Gasteiger partial charge in [0.15, 0.2) is 0 Å². The highest BCUT2D eigenvalue weighted by molar-refractivity contribution is 5.93. The average Bonchev–Trinajstić information content (AvgIpc) is 3.05. The molecule has 0 bridgehead atoms. The van der Waals surface area contributed by atoms with Crippen molar-refractivity contribution < 1.29 is 14.3 Å². The number of rotatable bonds is 7. The largest absolute Gasteiger partial charge is 0.377 e. The van der Waals surface area contributed by atoms with E-state index in [0.29, 0.717) is 13.1 Å². The molecule has 148 valence electrons. The molecule has 6 heteroatoms. The number of carbonyl (C=O) groups excluding carboxylic acids is 2. The molecule has 1 aromatic carbocycles. The average molecular weight is 373 g/mol. The van der Waals surface area contributed by atoms with Gasteiger partial charge in [-0.25, -0.2) is 0 Å². The lowest BCUT2D eigenvalue weighted by Crippen LogP contribution is -2.35. The van der Waals surface area contributed by atoms with Gasteiger partial charge in [-0.3, -0.25) is 9.59 Å². The summed E-state index contributed by atoms with van der Waals surface area (Å²) < 4.78 is 5.71. The van der Waals surface area contributed by atoms with Crippen LogP contribution in [-0.4, -0.2) is 50.1 Å². The monoisotopic (exact) mass is 373 g/mol. The molecule has 1 saturated heterocycles. The van der Waals surface area contributed by atoms with Crippen LogP contribution in [-0.2, 0) is 20.9 Å². The highest BCUT2D eigenvalue weighted by Crippen LogP contribution is 2.29. The van der Waals surface area contributed by atoms with Crippen molar-refractivity contribution in [2.75, 3.05) is 37.5 Å². The fourth-order valence-electron chi connectivity index (χ4n) is 3.69. The number of anilines is 2. The zero-order valence-electron chi connectivity index (χ0n) is 16.7. The maximum atomic E-state index is 12.3. The van der Waals surface area contributed by atoms with Crippen molar-refractivity contribution in [1.29, 1.82) is 0 Å². The van der Waals surface area contributed by atoms with Gasteiger partial charge in [0.2, 0.25) is 11.8 Å². The van der Waals surface area contributed by atoms with E-state index in [4.69, 9.17) is 4.74 Å². The number of nitrogens with zero attached hydrogens (tertiary/aromatic N) is 2. The molecule has 6 nitrogen and oxygen atoms in total. The summed E-state index contributed by atoms with van der Waals surface area (Å²) in [7, 11) is 3.98. The molecule has 1 aromatic rings. The molecule has 2 aliphatic rings. The Morgan fingerprint density at radius 2 is 1.96 bits per heavy atom. The Hall–Kier alpha value is -2.08. The number of nitrogens with one attached hydrogen (secondary N) is 1. The normalized spacial score (nSPS) is 19.4. The zero-order chi connectivity index (χ0) is 19.4. The van der Waals surface area contributed by atoms with E-state index in [9.17, 15) is 9.59 Å². The van der Waals surface area contributed by atoms with E-state index >= 15 is 0 Å². The third-order valence-electron chi connectivity index (χ3n) is 5.56. The molecular weight excluding hydrogens is 342 g/mol. The van der Waals surface area contributed by atoms with Gasteiger partial charge < -0.3 is 19.9 Å². The molecular formula is C21H31N3O3. The Balaban J connectivity index is 1.76. The molecule has 1 aliphatic heterocycles. The van der Waals surface area contributed by atoms with Crippen LogP contribution in [0.15, 0.2) is 18.2 Å². The lowest BCUT2D eigenvalue weighted by Gasteiger charge is -2.28. The van der Waals surface area contributed by atoms with Gasteiger partial charge in [0.1, 0.15) is 0 Å². The van der Waals surface area contributed by atoms with E-state index in [1.54, 1.807) is 6.92 Å². The summed E-state index contributed by atoms with van der Waals surface area (Å²) in [5, 5.41) is 3.04. The predicted octanol–water partition coefficient (Wildman–Crippen LogP) is 3.02. The minimum Gasteiger partial charge on any atom is -0.377 e. The smallest absolute Gasteiger partial charge is 0.227 e. The van der Waals surface area contributed by atoms with E-state index in [1.165, 1.54) is 0 Å². The number of hydrogen-bond acceptors (Lipinski definition) is 4. The Bertz CT molecular complexity index is 679. The van der Waals surface area contributed by atoms with Gasteiger partial charge in [0.25, 0.3) is 0 Å². The van der Waals surface area contributed by atoms with Crippen molar-refractivity contribution in [3.63, 3.8) is 0 Å². The van der Waals surface area contributed by atoms with Gasteiger partial charge in [0, 0.05) is 58.0 Å². The summed E-state index contributed by atoms with van der Waals surface area (Å²) in [5.41, 5.74) is 2.88. The van der Waals surface area contributed by atoms with E-state index in [2.05, 4.69) is 5.32 Å². The number of benzene rings is 1. The molecule has 2 fully saturated rings. The number of carbonyl (C=O) groups is 2. The topological polar surface area (TPSA) is 61.9 Å². The van der Waals surface area contributed by atoms with Crippen LogP contribution in [0.5, 0.6) is 0 Å². The molecule has 27 heavy (non-hydrogen) atoms. The third kappa shape index (κ3) is 5.01. The Kier molecular flexibility index (Phi) is 6.37. The zero-order valence-corrected chi connectivity index (χ0v) is 16.7. The lowest BCUT2D eigenvalue weighted by atomic mass is 9.85. The Morgan fingerprint density at radius 3 is 2.52 bits per heavy atom. The standard InChI is InChI=1S/C21H31N3O3/c1-15(25)24(14-19-8-5-11-27-19)13-17-12-18(9-10-20(17)23(2)3)22-21(26)16-6-4-7-16/h9-10,12,16,19H,4-8,11,13-14H2,1-3H3,(H,22,26)/t19-/m1/s1. The van der Waals surface area contributed by atoms with Gasteiger partial charge >= 0.3 is 0 Å². The maximum Gasteiger partial charge on any atom is 0.227 e. The Morgan fingerprint density at radius 1 is 1.19 bits per heavy atom. The van der Waals surface area contributed by atoms with Crippen LogP contribution in [0.25, 0.3) is 0 Å². The molecule has 1 saturated carbocycles. The predicted molar refractivity (Wildman–Crippen MR) is 107 cm³/mol. The molecule has 0 radical (unpaired) electrons. The minimum atomic E-state index is 0.0408. The first-order chi connectivity index (χ1) is 12.9. The number of amides is 2. The quantitative estimate of drug-likeness (QED) is 0.798. The fraction of sp³-hybridized carbons (Fsp3) is 0.619. The summed E-state index contributed by atoms with van der Waals surface area (Å²) in [5.74, 6) is 0.293. The first kappa shape index (κ1) is 19.7. The molecule has 1 N–H and O–H groups in total. The van der Waals surface area contributed by atoms with Gasteiger partial charge in [-0.15, -0.1) is 0 Å². The Labute approximate surface area is 161 Å². The van der Waals surface area contributed by atoms with Crippen LogP contribution in [0, 0.1) is 5.92 Å². The molecule has 0 unspecified atom stereocenters. The summed E-state index contributed by atoms with van der Waals surface area (Å²) >= 11 is 0. The molecule has 1 aliphatic carbocycles. The maximum absolute atomic E-state index is 12.3. The minimum absolute atomic E-state index is 0.0408. The molecule has 1 atom stereocenters. The van der Waals surface area contributed by atoms with Crippen molar-refractivity contribution in [3.8, 4) is 0 Å². The highest BCUT2D eigenvalue weighted by Gasteiger charge is 2.26. The molecule has 0 aromatic heterocycles. The molecule has 3 rings (SSSR count). The van der Waals surface area contributed by atoms with Crippen LogP contribution in [0.1, 0.15) is 44.6 Å². The van der Waals surface area contributed by atoms with Crippen molar-refractivity contribution in [1.82, 2.24) is 4.90 Å². The number of hydrogen-bond donors (Lipinski definition) is 1. The van der Waals surface area contributed by atoms with E-state index in [1.807, 2.05) is 42.1 Å². The summed E-state index contributed by atoms with van der Waals surface area (Å²) in [6, 6.07) is 5.95. The van der Waals surface area contributed by atoms with Crippen molar-refractivity contribution in [3.05, 3.63) is 23.8 Å². The lowest BCUT2D eigenvalue weighted by molar-refractivity contribution is -0.131. The highest BCUT2D eigenvalue weighted by atomic mass is 16.5. The first-order valence-corrected chi connectivity index (χ1v) is 9.92. The fourth-order valence-corrected chi connectivity index (χ4v) is 3.69. The van der Waals surface area contributed by atoms with Crippen LogP contribution < -0.4 is 10.2 Å². The van der Waals surface area contributed by atoms with E-state index in [0.717, 1.165) is 55.6 Å². The molecule has 0 spiro atoms. The number of ether oxygens (including phenoxy) is 1. The third-order valence-corrected chi connectivity index (χ3v) is 5.56. The summed E-state index contributed by atoms with van der Waals surface area (Å²) in [6.45, 7) is 3.51. The van der Waals surface area contributed by atoms with Gasteiger partial charge in [-0.1, -0.05) is 6.42 Å². The van der Waals surface area contributed by atoms with E-state index < -0.39 is 0 Å². The van der Waals surface area contributed by atoms with Gasteiger partial charge in [-0.05, 0) is 49.4 Å².